The Kier molecular flexibility index (Phi) is 16.1. The van der Waals surface area contributed by atoms with Gasteiger partial charge in [0.1, 0.15) is 44.5 Å². The highest BCUT2D eigenvalue weighted by Crippen LogP contribution is 2.45. The van der Waals surface area contributed by atoms with Crippen molar-refractivity contribution in [3.63, 3.8) is 0 Å². The van der Waals surface area contributed by atoms with Crippen LogP contribution in [-0.4, -0.2) is 35.2 Å². The van der Waals surface area contributed by atoms with Crippen molar-refractivity contribution in [1.29, 1.82) is 0 Å². The van der Waals surface area contributed by atoms with Gasteiger partial charge in [0, 0.05) is 49.1 Å². The zero-order valence-electron chi connectivity index (χ0n) is 39.5. The molecule has 0 spiro atoms. The lowest BCUT2D eigenvalue weighted by atomic mass is 10.3. The van der Waals surface area contributed by atoms with Crippen LogP contribution in [0.3, 0.4) is 0 Å². The predicted molar refractivity (Wildman–Crippen MR) is 286 cm³/mol. The van der Waals surface area contributed by atoms with E-state index in [4.69, 9.17) is 0 Å². The Labute approximate surface area is 435 Å². The highest BCUT2D eigenvalue weighted by atomic mass is 32.2. The van der Waals surface area contributed by atoms with Gasteiger partial charge < -0.3 is 29.6 Å². The van der Waals surface area contributed by atoms with Crippen LogP contribution in [0.15, 0.2) is 139 Å². The van der Waals surface area contributed by atoms with Crippen molar-refractivity contribution in [3.05, 3.63) is 180 Å². The predicted octanol–water partition coefficient (Wildman–Crippen LogP) is 4.64. The van der Waals surface area contributed by atoms with Crippen molar-refractivity contribution >= 4 is 137 Å². The molecule has 12 nitrogen and oxygen atoms in total. The molecule has 0 aliphatic carbocycles. The number of allylic oxidation sites excluding steroid dienone is 2. The maximum atomic E-state index is 13.7. The fourth-order valence-electron chi connectivity index (χ4n) is 7.62. The van der Waals surface area contributed by atoms with Crippen LogP contribution in [0.4, 0.5) is 20.2 Å². The summed E-state index contributed by atoms with van der Waals surface area (Å²) < 4.78 is 40.1. The van der Waals surface area contributed by atoms with Gasteiger partial charge in [-0.3, -0.25) is 18.7 Å². The summed E-state index contributed by atoms with van der Waals surface area (Å²) in [6.45, 7) is 5.14. The second-order valence-corrected chi connectivity index (χ2v) is 22.2. The Bertz CT molecular complexity index is 3670. The Morgan fingerprint density at radius 3 is 1.33 bits per heavy atom. The lowest BCUT2D eigenvalue weighted by Crippen LogP contribution is -2.32. The van der Waals surface area contributed by atoms with Gasteiger partial charge in [-0.05, 0) is 98.8 Å². The molecule has 2 aliphatic heterocycles. The maximum Gasteiger partial charge on any atom is 0.269 e. The van der Waals surface area contributed by atoms with E-state index >= 15 is 0 Å². The lowest BCUT2D eigenvalue weighted by Gasteiger charge is -2.12. The smallest absolute Gasteiger partial charge is 0.269 e. The number of hydrogen-bond donors (Lipinski definition) is 0. The highest BCUT2D eigenvalue weighted by molar-refractivity contribution is 8.04. The summed E-state index contributed by atoms with van der Waals surface area (Å²) in [6.07, 6.45) is 12.7. The Morgan fingerprint density at radius 2 is 0.972 bits per heavy atom. The van der Waals surface area contributed by atoms with Gasteiger partial charge in [0.05, 0.1) is 54.6 Å². The summed E-state index contributed by atoms with van der Waals surface area (Å²) in [5.74, 6) is -3.59. The molecule has 6 heterocycles. The number of carboxylic acids is 2. The van der Waals surface area contributed by atoms with Crippen molar-refractivity contribution in [2.24, 2.45) is 14.1 Å². The molecular formula is C52H44F2N6O6S6. The zero-order valence-corrected chi connectivity index (χ0v) is 44.4. The largest absolute Gasteiger partial charge is 0.545 e. The molecule has 0 N–H and O–H groups in total. The fourth-order valence-corrected chi connectivity index (χ4v) is 14.1. The summed E-state index contributed by atoms with van der Waals surface area (Å²) in [4.78, 5) is 51.6. The molecule has 0 saturated heterocycles. The Hall–Kier alpha value is -6.68. The number of thioether (sulfide) groups is 2. The monoisotopic (exact) mass is 1080 g/mol. The first kappa shape index (κ1) is 51.7. The number of carboxylic acid groups (broad SMARTS) is 2. The van der Waals surface area contributed by atoms with Gasteiger partial charge in [-0.1, -0.05) is 70.5 Å². The molecule has 0 atom stereocenters. The highest BCUT2D eigenvalue weighted by Gasteiger charge is 2.23. The van der Waals surface area contributed by atoms with Crippen LogP contribution < -0.4 is 58.7 Å². The van der Waals surface area contributed by atoms with Crippen molar-refractivity contribution in [1.82, 2.24) is 9.13 Å². The van der Waals surface area contributed by atoms with Gasteiger partial charge in [0.2, 0.25) is 11.0 Å². The maximum absolute atomic E-state index is 13.7. The van der Waals surface area contributed by atoms with Crippen molar-refractivity contribution < 1.29 is 37.7 Å². The number of nitrogens with zero attached hydrogens (tertiary/aromatic N) is 6. The SMILES string of the molecule is CCn1c(=O)/c(=C/C=C2/Sc3ccccc3N2C)s/c1=C/c1sc2ccc(F)cc2[n+]1C.CCn1c(=O)/c(=C/C=C2/Sc3ccccc3N2C)s/c1=C/c1sc2ccc(F)cc2[n+]1C.O=C([O-])/C=C\C(=O)[O-]. The molecule has 0 unspecified atom stereocenters. The van der Waals surface area contributed by atoms with Gasteiger partial charge in [0.25, 0.3) is 21.1 Å². The topological polar surface area (TPSA) is 138 Å². The standard InChI is InChI=1S/2C24H21FN3OS3.C4H4O4/c2*1-4-28-23(14-22-27(3)17-13-15(25)9-10-19(17)31-22)32-20(24(28)29)11-12-21-26(2)16-7-5-6-8-18(16)30-21;5-3(6)1-2-4(7)8/h2*5-14H,4H2,1-3H3;1-2H,(H,5,6)(H,7,8)/q2*+1;/p-2/b2*20-11-,21-12+;2-1-. The second kappa shape index (κ2) is 22.4. The van der Waals surface area contributed by atoms with Crippen molar-refractivity contribution in [2.75, 3.05) is 23.9 Å². The van der Waals surface area contributed by atoms with E-state index in [0.29, 0.717) is 34.3 Å². The minimum Gasteiger partial charge on any atom is -0.545 e. The van der Waals surface area contributed by atoms with Crippen LogP contribution in [0.25, 0.3) is 44.7 Å². The average Bonchev–Trinajstić information content (AvgIpc) is 4.18. The summed E-state index contributed by atoms with van der Waals surface area (Å²) in [5.41, 5.74) is 4.08. The van der Waals surface area contributed by atoms with E-state index in [0.717, 1.165) is 49.8 Å². The Balaban J connectivity index is 0.000000168. The number of aryl methyl sites for hydroxylation is 2. The molecule has 0 fully saturated rings. The molecule has 8 aromatic rings. The number of aromatic nitrogens is 4. The number of anilines is 2. The third kappa shape index (κ3) is 11.2. The molecule has 0 bridgehead atoms. The number of thiazole rings is 4. The minimum absolute atomic E-state index is 0.0126. The number of rotatable bonds is 8. The summed E-state index contributed by atoms with van der Waals surface area (Å²) in [6, 6.07) is 26.2. The summed E-state index contributed by atoms with van der Waals surface area (Å²) in [7, 11) is 7.93. The van der Waals surface area contributed by atoms with Crippen LogP contribution in [0.2, 0.25) is 0 Å². The molecule has 4 aromatic heterocycles. The second-order valence-electron chi connectivity index (χ2n) is 15.8. The van der Waals surface area contributed by atoms with Gasteiger partial charge in [-0.25, -0.2) is 8.78 Å². The molecule has 10 rings (SSSR count). The molecule has 2 aliphatic rings. The first-order chi connectivity index (χ1) is 34.5. The average molecular weight is 1080 g/mol. The van der Waals surface area contributed by atoms with E-state index in [2.05, 4.69) is 34.1 Å². The van der Waals surface area contributed by atoms with E-state index in [1.807, 2.05) is 112 Å². The lowest BCUT2D eigenvalue weighted by molar-refractivity contribution is -0.642. The van der Waals surface area contributed by atoms with Crippen LogP contribution in [-0.2, 0) is 36.8 Å². The van der Waals surface area contributed by atoms with Crippen LogP contribution in [0.1, 0.15) is 23.9 Å². The number of hydrogen-bond acceptors (Lipinski definition) is 14. The summed E-state index contributed by atoms with van der Waals surface area (Å²) >= 11 is 9.55. The molecule has 368 valence electrons. The third-order valence-corrected chi connectivity index (χ3v) is 18.2. The molecule has 0 amide bonds. The van der Waals surface area contributed by atoms with E-state index in [1.54, 1.807) is 79.6 Å². The number of para-hydroxylation sites is 2. The van der Waals surface area contributed by atoms with Gasteiger partial charge in [-0.15, -0.1) is 22.7 Å². The van der Waals surface area contributed by atoms with Crippen LogP contribution in [0, 0.1) is 11.6 Å². The number of halogens is 2. The van der Waals surface area contributed by atoms with Gasteiger partial charge in [-0.2, -0.15) is 9.13 Å². The first-order valence-corrected chi connectivity index (χ1v) is 27.0. The van der Waals surface area contributed by atoms with Crippen LogP contribution in [0.5, 0.6) is 0 Å². The molecule has 0 saturated carbocycles. The van der Waals surface area contributed by atoms with E-state index in [1.165, 1.54) is 56.0 Å². The normalized spacial score (nSPS) is 15.3. The summed E-state index contributed by atoms with van der Waals surface area (Å²) in [5, 5.41) is 23.0. The van der Waals surface area contributed by atoms with Gasteiger partial charge in [0.15, 0.2) is 0 Å². The molecule has 4 aromatic carbocycles. The van der Waals surface area contributed by atoms with Crippen LogP contribution >= 0.6 is 68.9 Å². The first-order valence-electron chi connectivity index (χ1n) is 22.1. The number of aliphatic carboxylic acids is 2. The quantitative estimate of drug-likeness (QED) is 0.156. The van der Waals surface area contributed by atoms with Crippen molar-refractivity contribution in [3.8, 4) is 0 Å². The minimum atomic E-state index is -1.55. The fraction of sp³-hybridized carbons (Fsp3) is 0.154. The third-order valence-electron chi connectivity index (χ3n) is 11.3. The van der Waals surface area contributed by atoms with Crippen molar-refractivity contribution in [2.45, 2.75) is 36.7 Å². The molecule has 72 heavy (non-hydrogen) atoms. The number of fused-ring (bicyclic) bond motifs is 4. The van der Waals surface area contributed by atoms with E-state index in [9.17, 15) is 38.2 Å². The zero-order chi connectivity index (χ0) is 51.4. The van der Waals surface area contributed by atoms with Gasteiger partial charge >= 0.3 is 0 Å². The van der Waals surface area contributed by atoms with E-state index in [-0.39, 0.29) is 22.8 Å². The molecule has 0 radical (unpaired) electrons. The van der Waals surface area contributed by atoms with E-state index < -0.39 is 11.9 Å². The molecular weight excluding hydrogens is 1040 g/mol. The Morgan fingerprint density at radius 1 is 0.583 bits per heavy atom. The number of carbonyl (C=O) groups excluding carboxylic acids is 2. The number of benzene rings is 4. The molecule has 20 heteroatoms. The number of carbonyl (C=O) groups is 2.